The van der Waals surface area contributed by atoms with Crippen molar-refractivity contribution < 1.29 is 9.53 Å². The number of esters is 1. The summed E-state index contributed by atoms with van der Waals surface area (Å²) < 4.78 is 5.96. The lowest BCUT2D eigenvalue weighted by Gasteiger charge is -2.56. The van der Waals surface area contributed by atoms with E-state index in [0.29, 0.717) is 22.8 Å². The molecule has 3 nitrogen and oxygen atoms in total. The van der Waals surface area contributed by atoms with Gasteiger partial charge in [0.05, 0.1) is 5.56 Å². The molecule has 4 aliphatic carbocycles. The highest BCUT2D eigenvalue weighted by molar-refractivity contribution is 5.90. The van der Waals surface area contributed by atoms with Gasteiger partial charge in [0.1, 0.15) is 6.10 Å². The van der Waals surface area contributed by atoms with Gasteiger partial charge in [0.15, 0.2) is 0 Å². The van der Waals surface area contributed by atoms with E-state index in [9.17, 15) is 4.79 Å². The molecule has 0 aromatic carbocycles. The van der Waals surface area contributed by atoms with E-state index < -0.39 is 0 Å². The Labute approximate surface area is 186 Å². The Balaban J connectivity index is 1.33. The standard InChI is InChI=1S/C28H35NO2/c1-5-19-7-9-24-22-8-6-20-16-21(31-26(30)23-17-29-15-12-18(23)2)10-13-28(20,4)25(22)11-14-27(19,24)3/h6-7,9,12,15,17,21-22,25H,5,8,10-11,13-14,16H2,1-4H3. The summed E-state index contributed by atoms with van der Waals surface area (Å²) in [5.74, 6) is 1.16. The zero-order chi connectivity index (χ0) is 21.8. The largest absolute Gasteiger partial charge is 0.458 e. The molecule has 1 aromatic rings. The van der Waals surface area contributed by atoms with Gasteiger partial charge in [-0.05, 0) is 74.3 Å². The molecule has 3 heteroatoms. The van der Waals surface area contributed by atoms with E-state index in [4.69, 9.17) is 4.74 Å². The topological polar surface area (TPSA) is 39.2 Å². The maximum atomic E-state index is 12.7. The lowest BCUT2D eigenvalue weighted by molar-refractivity contribution is 0.00166. The van der Waals surface area contributed by atoms with E-state index in [1.807, 2.05) is 13.0 Å². The fraction of sp³-hybridized carbons (Fsp3) is 0.571. The fourth-order valence-electron chi connectivity index (χ4n) is 7.21. The Morgan fingerprint density at radius 2 is 2.06 bits per heavy atom. The Morgan fingerprint density at radius 3 is 2.84 bits per heavy atom. The fourth-order valence-corrected chi connectivity index (χ4v) is 7.21. The average molecular weight is 418 g/mol. The van der Waals surface area contributed by atoms with Crippen LogP contribution in [0.4, 0.5) is 0 Å². The SMILES string of the molecule is CCC1=CC=C2C3CC=C4CC(OC(=O)c5cnccc5C)CCC4(C)C3CCC12C. The zero-order valence-corrected chi connectivity index (χ0v) is 19.4. The molecule has 1 heterocycles. The highest BCUT2D eigenvalue weighted by Gasteiger charge is 2.54. The first-order valence-corrected chi connectivity index (χ1v) is 12.1. The number of allylic oxidation sites excluding steroid dienone is 5. The molecule has 5 unspecified atom stereocenters. The second kappa shape index (κ2) is 7.46. The molecule has 0 amide bonds. The zero-order valence-electron chi connectivity index (χ0n) is 19.4. The van der Waals surface area contributed by atoms with Crippen molar-refractivity contribution in [1.82, 2.24) is 4.98 Å². The van der Waals surface area contributed by atoms with Crippen LogP contribution in [0.5, 0.6) is 0 Å². The third-order valence-electron chi connectivity index (χ3n) is 9.17. The van der Waals surface area contributed by atoms with Crippen molar-refractivity contribution in [3.63, 3.8) is 0 Å². The van der Waals surface area contributed by atoms with Gasteiger partial charge >= 0.3 is 5.97 Å². The molecule has 0 bridgehead atoms. The lowest BCUT2D eigenvalue weighted by atomic mass is 9.49. The highest BCUT2D eigenvalue weighted by atomic mass is 16.5. The van der Waals surface area contributed by atoms with Crippen molar-refractivity contribution in [1.29, 1.82) is 0 Å². The van der Waals surface area contributed by atoms with Gasteiger partial charge in [-0.15, -0.1) is 0 Å². The van der Waals surface area contributed by atoms with Crippen LogP contribution in [0, 0.1) is 29.6 Å². The van der Waals surface area contributed by atoms with Crippen LogP contribution in [0.25, 0.3) is 0 Å². The first kappa shape index (κ1) is 20.7. The van der Waals surface area contributed by atoms with Gasteiger partial charge in [-0.2, -0.15) is 0 Å². The number of nitrogens with zero attached hydrogens (tertiary/aromatic N) is 1. The minimum absolute atomic E-state index is 0.0177. The molecule has 31 heavy (non-hydrogen) atoms. The van der Waals surface area contributed by atoms with Crippen LogP contribution in [-0.2, 0) is 4.74 Å². The molecule has 0 aliphatic heterocycles. The number of carbonyl (C=O) groups excluding carboxylic acids is 1. The molecule has 0 N–H and O–H groups in total. The number of rotatable bonds is 3. The number of hydrogen-bond donors (Lipinski definition) is 0. The number of hydrogen-bond acceptors (Lipinski definition) is 3. The van der Waals surface area contributed by atoms with Gasteiger partial charge in [0.25, 0.3) is 0 Å². The summed E-state index contributed by atoms with van der Waals surface area (Å²) in [5, 5.41) is 0. The number of fused-ring (bicyclic) bond motifs is 5. The molecule has 1 aromatic heterocycles. The quantitative estimate of drug-likeness (QED) is 0.403. The summed E-state index contributed by atoms with van der Waals surface area (Å²) in [7, 11) is 0. The Kier molecular flexibility index (Phi) is 4.99. The number of aryl methyl sites for hydroxylation is 1. The van der Waals surface area contributed by atoms with Crippen molar-refractivity contribution in [2.75, 3.05) is 0 Å². The summed E-state index contributed by atoms with van der Waals surface area (Å²) in [6.07, 6.45) is 18.6. The molecular formula is C28H35NO2. The molecule has 2 fully saturated rings. The molecule has 5 atom stereocenters. The maximum Gasteiger partial charge on any atom is 0.340 e. The summed E-state index contributed by atoms with van der Waals surface area (Å²) >= 11 is 0. The van der Waals surface area contributed by atoms with Crippen LogP contribution in [-0.4, -0.2) is 17.1 Å². The van der Waals surface area contributed by atoms with Gasteiger partial charge < -0.3 is 4.74 Å². The van der Waals surface area contributed by atoms with E-state index >= 15 is 0 Å². The highest BCUT2D eigenvalue weighted by Crippen LogP contribution is 2.63. The van der Waals surface area contributed by atoms with Crippen molar-refractivity contribution in [2.24, 2.45) is 22.7 Å². The third kappa shape index (κ3) is 3.15. The normalized spacial score (nSPS) is 36.4. The first-order valence-electron chi connectivity index (χ1n) is 12.1. The number of ether oxygens (including phenoxy) is 1. The minimum Gasteiger partial charge on any atom is -0.458 e. The second-order valence-electron chi connectivity index (χ2n) is 10.6. The minimum atomic E-state index is -0.226. The van der Waals surface area contributed by atoms with Crippen molar-refractivity contribution in [3.8, 4) is 0 Å². The van der Waals surface area contributed by atoms with E-state index in [-0.39, 0.29) is 17.5 Å². The van der Waals surface area contributed by atoms with Gasteiger partial charge in [-0.1, -0.05) is 55.7 Å². The smallest absolute Gasteiger partial charge is 0.340 e. The van der Waals surface area contributed by atoms with E-state index in [1.165, 1.54) is 18.4 Å². The van der Waals surface area contributed by atoms with Crippen LogP contribution in [0.15, 0.2) is 53.4 Å². The molecular weight excluding hydrogens is 382 g/mol. The van der Waals surface area contributed by atoms with Crippen LogP contribution >= 0.6 is 0 Å². The van der Waals surface area contributed by atoms with Crippen molar-refractivity contribution in [3.05, 3.63) is 64.5 Å². The number of carbonyl (C=O) groups is 1. The predicted octanol–water partition coefficient (Wildman–Crippen LogP) is 6.74. The lowest BCUT2D eigenvalue weighted by Crippen LogP contribution is -2.47. The van der Waals surface area contributed by atoms with Gasteiger partial charge in [-0.25, -0.2) is 4.79 Å². The molecule has 164 valence electrons. The van der Waals surface area contributed by atoms with Crippen LogP contribution in [0.3, 0.4) is 0 Å². The maximum absolute atomic E-state index is 12.7. The van der Waals surface area contributed by atoms with Gasteiger partial charge in [0.2, 0.25) is 0 Å². The molecule has 4 aliphatic rings. The van der Waals surface area contributed by atoms with Gasteiger partial charge in [0, 0.05) is 24.2 Å². The Morgan fingerprint density at radius 1 is 1.23 bits per heavy atom. The summed E-state index contributed by atoms with van der Waals surface area (Å²) in [4.78, 5) is 16.8. The summed E-state index contributed by atoms with van der Waals surface area (Å²) in [5.41, 5.74) is 6.91. The average Bonchev–Trinajstić information content (AvgIpc) is 3.10. The van der Waals surface area contributed by atoms with Crippen LogP contribution in [0.2, 0.25) is 0 Å². The molecule has 0 radical (unpaired) electrons. The van der Waals surface area contributed by atoms with E-state index in [2.05, 4.69) is 44.0 Å². The Bertz CT molecular complexity index is 1000. The van der Waals surface area contributed by atoms with Gasteiger partial charge in [-0.3, -0.25) is 4.98 Å². The monoisotopic (exact) mass is 417 g/mol. The van der Waals surface area contributed by atoms with Crippen molar-refractivity contribution >= 4 is 5.97 Å². The van der Waals surface area contributed by atoms with Crippen LogP contribution < -0.4 is 0 Å². The number of pyridine rings is 1. The first-order chi connectivity index (χ1) is 14.9. The predicted molar refractivity (Wildman–Crippen MR) is 124 cm³/mol. The Hall–Kier alpha value is -2.16. The molecule has 5 rings (SSSR count). The van der Waals surface area contributed by atoms with E-state index in [0.717, 1.165) is 37.7 Å². The van der Waals surface area contributed by atoms with Crippen LogP contribution in [0.1, 0.15) is 81.6 Å². The number of aromatic nitrogens is 1. The third-order valence-corrected chi connectivity index (χ3v) is 9.17. The van der Waals surface area contributed by atoms with E-state index in [1.54, 1.807) is 23.5 Å². The molecule has 0 saturated heterocycles. The second-order valence-corrected chi connectivity index (χ2v) is 10.6. The molecule has 0 spiro atoms. The summed E-state index contributed by atoms with van der Waals surface area (Å²) in [6.45, 7) is 9.21. The molecule has 2 saturated carbocycles. The summed E-state index contributed by atoms with van der Waals surface area (Å²) in [6, 6.07) is 1.87. The van der Waals surface area contributed by atoms with Crippen molar-refractivity contribution in [2.45, 2.75) is 78.7 Å².